The van der Waals surface area contributed by atoms with Crippen LogP contribution in [-0.2, 0) is 11.3 Å². The van der Waals surface area contributed by atoms with Crippen LogP contribution in [0.25, 0.3) is 0 Å². The van der Waals surface area contributed by atoms with Crippen molar-refractivity contribution in [3.63, 3.8) is 0 Å². The molecule has 3 heterocycles. The number of carbonyl (C=O) groups is 1. The van der Waals surface area contributed by atoms with Crippen LogP contribution in [0.2, 0.25) is 0 Å². The summed E-state index contributed by atoms with van der Waals surface area (Å²) in [5.41, 5.74) is 2.54. The maximum absolute atomic E-state index is 13.2. The van der Waals surface area contributed by atoms with Gasteiger partial charge < -0.3 is 4.74 Å². The fraction of sp³-hybridized carbons (Fsp3) is 0.458. The zero-order valence-electron chi connectivity index (χ0n) is 16.9. The van der Waals surface area contributed by atoms with E-state index < -0.39 is 0 Å². The Balaban J connectivity index is 1.60. The average molecular weight is 379 g/mol. The Morgan fingerprint density at radius 3 is 2.43 bits per heavy atom. The number of benzene rings is 2. The second-order valence-electron chi connectivity index (χ2n) is 8.04. The van der Waals surface area contributed by atoms with Gasteiger partial charge in [-0.2, -0.15) is 0 Å². The van der Waals surface area contributed by atoms with Crippen molar-refractivity contribution in [2.75, 3.05) is 26.7 Å². The van der Waals surface area contributed by atoms with Crippen LogP contribution in [0, 0.1) is 0 Å². The molecule has 3 fully saturated rings. The monoisotopic (exact) mass is 378 g/mol. The maximum Gasteiger partial charge on any atom is 0.151 e. The van der Waals surface area contributed by atoms with E-state index in [0.29, 0.717) is 18.2 Å². The molecule has 0 amide bonds. The summed E-state index contributed by atoms with van der Waals surface area (Å²) in [4.78, 5) is 18.2. The Bertz CT molecular complexity index is 790. The minimum Gasteiger partial charge on any atom is -0.497 e. The van der Waals surface area contributed by atoms with Gasteiger partial charge in [0.05, 0.1) is 13.2 Å². The van der Waals surface area contributed by atoms with Crippen LogP contribution in [0.15, 0.2) is 54.6 Å². The van der Waals surface area contributed by atoms with Crippen molar-refractivity contribution in [2.24, 2.45) is 0 Å². The molecule has 148 valence electrons. The number of nitrogens with zero attached hydrogens (tertiary/aromatic N) is 2. The number of fused-ring (bicyclic) bond motifs is 4. The molecule has 0 unspecified atom stereocenters. The van der Waals surface area contributed by atoms with Gasteiger partial charge >= 0.3 is 0 Å². The summed E-state index contributed by atoms with van der Waals surface area (Å²) in [6.07, 6.45) is 1.77. The van der Waals surface area contributed by atoms with E-state index in [9.17, 15) is 4.79 Å². The van der Waals surface area contributed by atoms with E-state index in [1.807, 2.05) is 12.1 Å². The third-order valence-electron chi connectivity index (χ3n) is 6.28. The highest BCUT2D eigenvalue weighted by Crippen LogP contribution is 2.37. The summed E-state index contributed by atoms with van der Waals surface area (Å²) in [6.45, 7) is 5.92. The second kappa shape index (κ2) is 8.46. The molecule has 0 N–H and O–H groups in total. The molecule has 3 atom stereocenters. The zero-order chi connectivity index (χ0) is 19.5. The number of hydrogen-bond acceptors (Lipinski definition) is 4. The minimum absolute atomic E-state index is 0.00128. The van der Waals surface area contributed by atoms with Gasteiger partial charge in [-0.05, 0) is 36.2 Å². The molecule has 2 aromatic carbocycles. The van der Waals surface area contributed by atoms with Crippen LogP contribution < -0.4 is 4.74 Å². The lowest BCUT2D eigenvalue weighted by molar-refractivity contribution is -0.125. The predicted molar refractivity (Wildman–Crippen MR) is 112 cm³/mol. The van der Waals surface area contributed by atoms with Gasteiger partial charge in [0.2, 0.25) is 0 Å². The Labute approximate surface area is 168 Å². The van der Waals surface area contributed by atoms with Crippen molar-refractivity contribution in [1.29, 1.82) is 0 Å². The quantitative estimate of drug-likeness (QED) is 0.767. The number of piperazine rings is 1. The second-order valence-corrected chi connectivity index (χ2v) is 8.04. The topological polar surface area (TPSA) is 32.8 Å². The molecule has 0 radical (unpaired) electrons. The van der Waals surface area contributed by atoms with E-state index in [0.717, 1.165) is 38.3 Å². The molecule has 2 aromatic rings. The van der Waals surface area contributed by atoms with E-state index in [2.05, 4.69) is 59.2 Å². The van der Waals surface area contributed by atoms with Gasteiger partial charge in [0.1, 0.15) is 5.75 Å². The van der Waals surface area contributed by atoms with E-state index in [1.54, 1.807) is 7.11 Å². The molecule has 0 aromatic heterocycles. The molecule has 3 saturated heterocycles. The molecule has 4 heteroatoms. The summed E-state index contributed by atoms with van der Waals surface area (Å²) < 4.78 is 5.28. The molecule has 2 bridgehead atoms. The Hall–Kier alpha value is -2.17. The van der Waals surface area contributed by atoms with Gasteiger partial charge in [-0.15, -0.1) is 0 Å². The molecule has 28 heavy (non-hydrogen) atoms. The van der Waals surface area contributed by atoms with Crippen LogP contribution in [0.4, 0.5) is 0 Å². The van der Waals surface area contributed by atoms with Crippen LogP contribution in [-0.4, -0.2) is 54.4 Å². The summed E-state index contributed by atoms with van der Waals surface area (Å²) in [7, 11) is 1.69. The molecule has 0 saturated carbocycles. The fourth-order valence-corrected chi connectivity index (χ4v) is 4.86. The smallest absolute Gasteiger partial charge is 0.151 e. The van der Waals surface area contributed by atoms with Crippen molar-refractivity contribution < 1.29 is 9.53 Å². The highest BCUT2D eigenvalue weighted by Gasteiger charge is 2.45. The molecular formula is C24H30N2O2. The number of rotatable bonds is 6. The normalized spacial score (nSPS) is 25.6. The number of ketones is 1. The standard InChI is InChI=1S/C24H30N2O2/c1-3-13-25-17-23-24(27)14-21(19-7-5-4-6-8-19)22(25)16-26(23)15-18-9-11-20(28-2)12-10-18/h4-12,21-23H,3,13-17H2,1-2H3/t21-,22-,23-/m0/s1. The van der Waals surface area contributed by atoms with E-state index in [4.69, 9.17) is 4.74 Å². The number of methoxy groups -OCH3 is 1. The molecule has 0 spiro atoms. The highest BCUT2D eigenvalue weighted by molar-refractivity contribution is 5.86. The van der Waals surface area contributed by atoms with Crippen LogP contribution >= 0.6 is 0 Å². The predicted octanol–water partition coefficient (Wildman–Crippen LogP) is 3.72. The van der Waals surface area contributed by atoms with Crippen molar-refractivity contribution in [3.8, 4) is 5.75 Å². The average Bonchev–Trinajstić information content (AvgIpc) is 2.95. The maximum atomic E-state index is 13.2. The number of carbonyl (C=O) groups excluding carboxylic acids is 1. The first-order chi connectivity index (χ1) is 13.7. The Morgan fingerprint density at radius 2 is 1.75 bits per heavy atom. The largest absolute Gasteiger partial charge is 0.497 e. The van der Waals surface area contributed by atoms with Crippen molar-refractivity contribution >= 4 is 5.78 Å². The summed E-state index contributed by atoms with van der Waals surface area (Å²) >= 11 is 0. The van der Waals surface area contributed by atoms with Crippen molar-refractivity contribution in [3.05, 3.63) is 65.7 Å². The van der Waals surface area contributed by atoms with Gasteiger partial charge in [-0.3, -0.25) is 14.6 Å². The van der Waals surface area contributed by atoms with Crippen LogP contribution in [0.1, 0.15) is 36.8 Å². The van der Waals surface area contributed by atoms with E-state index in [1.165, 1.54) is 11.1 Å². The summed E-state index contributed by atoms with van der Waals surface area (Å²) in [6, 6.07) is 19.2. The first kappa shape index (κ1) is 19.2. The molecular weight excluding hydrogens is 348 g/mol. The summed E-state index contributed by atoms with van der Waals surface area (Å²) in [5.74, 6) is 1.55. The number of hydrogen-bond donors (Lipinski definition) is 0. The van der Waals surface area contributed by atoms with Gasteiger partial charge in [-0.25, -0.2) is 0 Å². The lowest BCUT2D eigenvalue weighted by atomic mass is 9.87. The van der Waals surface area contributed by atoms with Crippen LogP contribution in [0.3, 0.4) is 0 Å². The fourth-order valence-electron chi connectivity index (χ4n) is 4.86. The van der Waals surface area contributed by atoms with Crippen molar-refractivity contribution in [2.45, 2.75) is 44.3 Å². The lowest BCUT2D eigenvalue weighted by Crippen LogP contribution is -2.58. The van der Waals surface area contributed by atoms with Gasteiger partial charge in [0, 0.05) is 38.0 Å². The lowest BCUT2D eigenvalue weighted by Gasteiger charge is -2.45. The van der Waals surface area contributed by atoms with Crippen molar-refractivity contribution in [1.82, 2.24) is 9.80 Å². The molecule has 4 nitrogen and oxygen atoms in total. The molecule has 5 rings (SSSR count). The molecule has 3 aliphatic rings. The third-order valence-corrected chi connectivity index (χ3v) is 6.28. The number of Topliss-reactive ketones (excluding diaryl/α,β-unsaturated/α-hetero) is 1. The SMILES string of the molecule is CCCN1C[C@H]2C(=O)C[C@@H](c3ccccc3)[C@@H]1CN2Cc1ccc(OC)cc1. The summed E-state index contributed by atoms with van der Waals surface area (Å²) in [5, 5.41) is 0. The molecule has 0 aliphatic carbocycles. The van der Waals surface area contributed by atoms with Gasteiger partial charge in [-0.1, -0.05) is 49.4 Å². The van der Waals surface area contributed by atoms with Gasteiger partial charge in [0.15, 0.2) is 5.78 Å². The molecule has 3 aliphatic heterocycles. The Morgan fingerprint density at radius 1 is 1.00 bits per heavy atom. The van der Waals surface area contributed by atoms with Gasteiger partial charge in [0.25, 0.3) is 0 Å². The Kier molecular flexibility index (Phi) is 5.79. The first-order valence-electron chi connectivity index (χ1n) is 10.4. The van der Waals surface area contributed by atoms with Crippen LogP contribution in [0.5, 0.6) is 5.75 Å². The number of ether oxygens (including phenoxy) is 1. The van der Waals surface area contributed by atoms with E-state index >= 15 is 0 Å². The third kappa shape index (κ3) is 3.85. The van der Waals surface area contributed by atoms with E-state index in [-0.39, 0.29) is 12.0 Å². The first-order valence-corrected chi connectivity index (χ1v) is 10.4. The minimum atomic E-state index is -0.00128. The zero-order valence-corrected chi connectivity index (χ0v) is 16.9. The highest BCUT2D eigenvalue weighted by atomic mass is 16.5.